The van der Waals surface area contributed by atoms with Crippen LogP contribution in [-0.4, -0.2) is 25.5 Å². The third kappa shape index (κ3) is 2.81. The molecule has 102 valence electrons. The predicted octanol–water partition coefficient (Wildman–Crippen LogP) is 2.23. The molecule has 0 aliphatic carbocycles. The molecule has 0 fully saturated rings. The highest BCUT2D eigenvalue weighted by Crippen LogP contribution is 2.28. The number of carbonyl (C=O) groups excluding carboxylic acids is 2. The van der Waals surface area contributed by atoms with E-state index in [1.807, 2.05) is 0 Å². The molecule has 0 amide bonds. The summed E-state index contributed by atoms with van der Waals surface area (Å²) in [5, 5.41) is 0. The molecule has 0 atom stereocenters. The number of rotatable bonds is 4. The van der Waals surface area contributed by atoms with E-state index in [0.717, 1.165) is 0 Å². The Kier molecular flexibility index (Phi) is 3.78. The quantitative estimate of drug-likeness (QED) is 0.689. The number of hydrogen-bond donors (Lipinski definition) is 1. The molecule has 0 bridgehead atoms. The van der Waals surface area contributed by atoms with Crippen molar-refractivity contribution in [1.82, 2.24) is 0 Å². The lowest BCUT2D eigenvalue weighted by Crippen LogP contribution is -2.01. The first kappa shape index (κ1) is 14.1. The summed E-state index contributed by atoms with van der Waals surface area (Å²) in [6.45, 7) is 0. The normalized spacial score (nSPS) is 11.1. The van der Waals surface area contributed by atoms with Gasteiger partial charge in [-0.25, -0.2) is 0 Å². The van der Waals surface area contributed by atoms with Gasteiger partial charge in [0.25, 0.3) is 10.1 Å². The van der Waals surface area contributed by atoms with Gasteiger partial charge < -0.3 is 0 Å². The molecule has 0 spiro atoms. The fourth-order valence-corrected chi connectivity index (χ4v) is 2.61. The number of hydrogen-bond acceptors (Lipinski definition) is 4. The van der Waals surface area contributed by atoms with Crippen molar-refractivity contribution in [3.05, 3.63) is 53.6 Å². The zero-order valence-corrected chi connectivity index (χ0v) is 11.0. The van der Waals surface area contributed by atoms with E-state index in [9.17, 15) is 22.6 Å². The maximum absolute atomic E-state index is 11.4. The zero-order chi connectivity index (χ0) is 14.8. The highest BCUT2D eigenvalue weighted by molar-refractivity contribution is 7.86. The van der Waals surface area contributed by atoms with Crippen molar-refractivity contribution in [2.24, 2.45) is 0 Å². The van der Waals surface area contributed by atoms with Crippen molar-refractivity contribution in [1.29, 1.82) is 0 Å². The maximum Gasteiger partial charge on any atom is 0.295 e. The summed E-state index contributed by atoms with van der Waals surface area (Å²) >= 11 is 0. The molecule has 2 aromatic carbocycles. The number of benzene rings is 2. The highest BCUT2D eigenvalue weighted by Gasteiger charge is 2.16. The molecule has 0 aliphatic rings. The lowest BCUT2D eigenvalue weighted by molar-refractivity contribution is 0.112. The van der Waals surface area contributed by atoms with Crippen LogP contribution in [0.4, 0.5) is 0 Å². The van der Waals surface area contributed by atoms with Crippen molar-refractivity contribution >= 4 is 22.7 Å². The molecule has 0 radical (unpaired) electrons. The fraction of sp³-hybridized carbons (Fsp3) is 0. The highest BCUT2D eigenvalue weighted by atomic mass is 32.2. The van der Waals surface area contributed by atoms with Crippen molar-refractivity contribution in [2.75, 3.05) is 0 Å². The second-order valence-electron chi connectivity index (χ2n) is 4.10. The van der Waals surface area contributed by atoms with Crippen LogP contribution in [-0.2, 0) is 10.1 Å². The lowest BCUT2D eigenvalue weighted by Gasteiger charge is -2.08. The van der Waals surface area contributed by atoms with Gasteiger partial charge in [-0.15, -0.1) is 0 Å². The third-order valence-electron chi connectivity index (χ3n) is 2.73. The summed E-state index contributed by atoms with van der Waals surface area (Å²) in [7, 11) is -4.40. The van der Waals surface area contributed by atoms with Crippen LogP contribution in [0, 0.1) is 0 Å². The molecule has 0 saturated carbocycles. The van der Waals surface area contributed by atoms with Gasteiger partial charge in [0.2, 0.25) is 0 Å². The van der Waals surface area contributed by atoms with E-state index in [2.05, 4.69) is 0 Å². The molecule has 6 heteroatoms. The Hall–Kier alpha value is -2.31. The summed E-state index contributed by atoms with van der Waals surface area (Å²) in [5.74, 6) is 0. The first-order valence-electron chi connectivity index (χ1n) is 5.58. The van der Waals surface area contributed by atoms with Gasteiger partial charge in [0.05, 0.1) is 0 Å². The zero-order valence-electron chi connectivity index (χ0n) is 10.2. The predicted molar refractivity (Wildman–Crippen MR) is 72.5 cm³/mol. The Labute approximate surface area is 115 Å². The second-order valence-corrected chi connectivity index (χ2v) is 5.49. The van der Waals surface area contributed by atoms with Gasteiger partial charge in [0.15, 0.2) is 0 Å². The molecule has 0 aliphatic heterocycles. The Bertz CT molecular complexity index is 752. The maximum atomic E-state index is 11.4. The van der Waals surface area contributed by atoms with Crippen LogP contribution in [0.5, 0.6) is 0 Å². The smallest absolute Gasteiger partial charge is 0.295 e. The van der Waals surface area contributed by atoms with Gasteiger partial charge >= 0.3 is 0 Å². The van der Waals surface area contributed by atoms with Crippen LogP contribution in [0.1, 0.15) is 20.7 Å². The molecule has 0 saturated heterocycles. The fourth-order valence-electron chi connectivity index (χ4n) is 1.90. The third-order valence-corrected chi connectivity index (χ3v) is 3.64. The lowest BCUT2D eigenvalue weighted by atomic mass is 10.0. The average molecular weight is 290 g/mol. The van der Waals surface area contributed by atoms with Gasteiger partial charge in [-0.1, -0.05) is 18.2 Å². The van der Waals surface area contributed by atoms with Crippen LogP contribution in [0.2, 0.25) is 0 Å². The minimum Gasteiger partial charge on any atom is -0.298 e. The second kappa shape index (κ2) is 5.36. The molecule has 0 unspecified atom stereocenters. The molecule has 2 aromatic rings. The first-order valence-corrected chi connectivity index (χ1v) is 7.02. The van der Waals surface area contributed by atoms with Crippen LogP contribution in [0.25, 0.3) is 11.1 Å². The first-order chi connectivity index (χ1) is 9.45. The minimum atomic E-state index is -4.40. The SMILES string of the molecule is O=Cc1cc(C=O)cc(-c2ccccc2S(=O)(=O)O)c1. The Morgan fingerprint density at radius 3 is 1.95 bits per heavy atom. The summed E-state index contributed by atoms with van der Waals surface area (Å²) < 4.78 is 31.9. The molecule has 2 rings (SSSR count). The van der Waals surface area contributed by atoms with Gasteiger partial charge in [0, 0.05) is 16.7 Å². The van der Waals surface area contributed by atoms with Crippen LogP contribution < -0.4 is 0 Å². The number of carbonyl (C=O) groups is 2. The topological polar surface area (TPSA) is 88.5 Å². The van der Waals surface area contributed by atoms with Crippen molar-refractivity contribution in [3.8, 4) is 11.1 Å². The average Bonchev–Trinajstić information content (AvgIpc) is 2.45. The molecular weight excluding hydrogens is 280 g/mol. The van der Waals surface area contributed by atoms with Crippen molar-refractivity contribution in [2.45, 2.75) is 4.90 Å². The standard InChI is InChI=1S/C14H10O5S/c15-8-10-5-11(9-16)7-12(6-10)13-3-1-2-4-14(13)20(17,18)19/h1-9H,(H,17,18,19). The van der Waals surface area contributed by atoms with E-state index in [4.69, 9.17) is 0 Å². The number of aldehydes is 2. The van der Waals surface area contributed by atoms with Crippen LogP contribution in [0.3, 0.4) is 0 Å². The summed E-state index contributed by atoms with van der Waals surface area (Å²) in [6.07, 6.45) is 1.12. The molecule has 0 aromatic heterocycles. The van der Waals surface area contributed by atoms with E-state index in [-0.39, 0.29) is 21.6 Å². The van der Waals surface area contributed by atoms with Crippen molar-refractivity contribution < 1.29 is 22.6 Å². The van der Waals surface area contributed by atoms with E-state index in [1.165, 1.54) is 36.4 Å². The summed E-state index contributed by atoms with van der Waals surface area (Å²) in [5.41, 5.74) is 1.08. The van der Waals surface area contributed by atoms with Crippen molar-refractivity contribution in [3.63, 3.8) is 0 Å². The molecule has 5 nitrogen and oxygen atoms in total. The van der Waals surface area contributed by atoms with E-state index in [1.54, 1.807) is 6.07 Å². The van der Waals surface area contributed by atoms with Crippen LogP contribution >= 0.6 is 0 Å². The van der Waals surface area contributed by atoms with Gasteiger partial charge in [0.1, 0.15) is 17.5 Å². The van der Waals surface area contributed by atoms with E-state index < -0.39 is 10.1 Å². The largest absolute Gasteiger partial charge is 0.298 e. The van der Waals surface area contributed by atoms with Gasteiger partial charge in [-0.05, 0) is 29.8 Å². The van der Waals surface area contributed by atoms with Gasteiger partial charge in [-0.3, -0.25) is 14.1 Å². The Morgan fingerprint density at radius 2 is 1.45 bits per heavy atom. The Balaban J connectivity index is 2.75. The molecule has 20 heavy (non-hydrogen) atoms. The van der Waals surface area contributed by atoms with E-state index >= 15 is 0 Å². The Morgan fingerprint density at radius 1 is 0.900 bits per heavy atom. The molecule has 0 heterocycles. The van der Waals surface area contributed by atoms with E-state index in [0.29, 0.717) is 18.1 Å². The summed E-state index contributed by atoms with van der Waals surface area (Å²) in [6, 6.07) is 10.1. The molecular formula is C14H10O5S. The minimum absolute atomic E-state index is 0.224. The molecule has 1 N–H and O–H groups in total. The summed E-state index contributed by atoms with van der Waals surface area (Å²) in [4.78, 5) is 21.4. The van der Waals surface area contributed by atoms with Crippen LogP contribution in [0.15, 0.2) is 47.4 Å². The van der Waals surface area contributed by atoms with Gasteiger partial charge in [-0.2, -0.15) is 8.42 Å². The monoisotopic (exact) mass is 290 g/mol.